The number of aliphatic hydroxyl groups is 1. The summed E-state index contributed by atoms with van der Waals surface area (Å²) in [7, 11) is 1.58. The molecule has 1 aromatic heterocycles. The lowest BCUT2D eigenvalue weighted by Crippen LogP contribution is -2.29. The van der Waals surface area contributed by atoms with Crippen molar-refractivity contribution in [1.82, 2.24) is 4.98 Å². The molecule has 0 aliphatic carbocycles. The molecule has 6 rings (SSSR count). The second-order valence-corrected chi connectivity index (χ2v) is 10.9. The molecular weight excluding hydrogens is 564 g/mol. The summed E-state index contributed by atoms with van der Waals surface area (Å²) in [5.41, 5.74) is 1.58. The third-order valence-electron chi connectivity index (χ3n) is 6.99. The fourth-order valence-corrected chi connectivity index (χ4v) is 5.95. The number of aliphatic hydroxyl groups excluding tert-OH is 1. The fourth-order valence-electron chi connectivity index (χ4n) is 4.93. The van der Waals surface area contributed by atoms with Gasteiger partial charge in [0.15, 0.2) is 5.13 Å². The number of ether oxygens (including phenoxy) is 3. The van der Waals surface area contributed by atoms with Crippen LogP contribution in [-0.2, 0) is 9.59 Å². The quantitative estimate of drug-likeness (QED) is 0.107. The summed E-state index contributed by atoms with van der Waals surface area (Å²) in [5, 5.41) is 11.9. The van der Waals surface area contributed by atoms with Crippen molar-refractivity contribution < 1.29 is 28.9 Å². The van der Waals surface area contributed by atoms with E-state index in [0.29, 0.717) is 51.4 Å². The molecule has 8 nitrogen and oxygen atoms in total. The van der Waals surface area contributed by atoms with Gasteiger partial charge < -0.3 is 19.3 Å². The van der Waals surface area contributed by atoms with E-state index in [9.17, 15) is 14.7 Å². The summed E-state index contributed by atoms with van der Waals surface area (Å²) in [6.07, 6.45) is 0.858. The maximum Gasteiger partial charge on any atom is 0.301 e. The fraction of sp³-hybridized carbons (Fsp3) is 0.147. The summed E-state index contributed by atoms with van der Waals surface area (Å²) in [6.45, 7) is 2.58. The van der Waals surface area contributed by atoms with Crippen LogP contribution in [0.25, 0.3) is 16.0 Å². The predicted molar refractivity (Wildman–Crippen MR) is 166 cm³/mol. The highest BCUT2D eigenvalue weighted by Crippen LogP contribution is 2.45. The molecule has 1 aliphatic heterocycles. The monoisotopic (exact) mass is 592 g/mol. The zero-order chi connectivity index (χ0) is 29.9. The molecule has 0 spiro atoms. The molecule has 1 atom stereocenters. The Bertz CT molecular complexity index is 1830. The number of Topliss-reactive ketones (excluding diaryl/α,β-unsaturated/α-hetero) is 1. The molecular formula is C34H28N2O6S. The highest BCUT2D eigenvalue weighted by atomic mass is 32.1. The van der Waals surface area contributed by atoms with E-state index in [-0.39, 0.29) is 11.3 Å². The van der Waals surface area contributed by atoms with E-state index >= 15 is 0 Å². The van der Waals surface area contributed by atoms with Crippen LogP contribution >= 0.6 is 11.3 Å². The number of benzene rings is 4. The number of anilines is 1. The molecule has 2 heterocycles. The summed E-state index contributed by atoms with van der Waals surface area (Å²) >= 11 is 1.26. The van der Waals surface area contributed by atoms with Gasteiger partial charge in [-0.15, -0.1) is 0 Å². The molecule has 1 saturated heterocycles. The van der Waals surface area contributed by atoms with E-state index in [2.05, 4.69) is 0 Å². The Labute approximate surface area is 252 Å². The standard InChI is InChI=1S/C34H28N2O6S/c1-3-18-41-23-14-12-21(13-15-23)31(37)29-30(22-8-7-11-26(19-22)42-24-9-5-4-6-10-24)36(33(39)32(29)38)34-35-27-17-16-25(40-2)20-28(27)43-34/h4-17,19-20,30,37H,3,18H2,1-2H3/b31-29+. The molecule has 1 fully saturated rings. The van der Waals surface area contributed by atoms with E-state index in [1.165, 1.54) is 16.2 Å². The Hall–Kier alpha value is -5.15. The van der Waals surface area contributed by atoms with Gasteiger partial charge in [-0.25, -0.2) is 4.98 Å². The average Bonchev–Trinajstić information content (AvgIpc) is 3.57. The van der Waals surface area contributed by atoms with Crippen molar-refractivity contribution in [2.24, 2.45) is 0 Å². The normalized spacial score (nSPS) is 16.0. The first-order chi connectivity index (χ1) is 21.0. The van der Waals surface area contributed by atoms with Crippen LogP contribution in [0.5, 0.6) is 23.0 Å². The molecule has 1 N–H and O–H groups in total. The van der Waals surface area contributed by atoms with Crippen LogP contribution in [0.1, 0.15) is 30.5 Å². The van der Waals surface area contributed by atoms with Gasteiger partial charge in [0.1, 0.15) is 28.8 Å². The molecule has 4 aromatic carbocycles. The lowest BCUT2D eigenvalue weighted by Gasteiger charge is -2.23. The van der Waals surface area contributed by atoms with E-state index < -0.39 is 17.7 Å². The van der Waals surface area contributed by atoms with E-state index in [1.54, 1.807) is 67.8 Å². The lowest BCUT2D eigenvalue weighted by molar-refractivity contribution is -0.132. The zero-order valence-electron chi connectivity index (χ0n) is 23.5. The van der Waals surface area contributed by atoms with Gasteiger partial charge in [-0.1, -0.05) is 48.6 Å². The van der Waals surface area contributed by atoms with Crippen molar-refractivity contribution in [1.29, 1.82) is 0 Å². The SMILES string of the molecule is CCCOc1ccc(/C(O)=C2\C(=O)C(=O)N(c3nc4ccc(OC)cc4s3)C2c2cccc(Oc3ccccc3)c2)cc1. The lowest BCUT2D eigenvalue weighted by atomic mass is 9.95. The third-order valence-corrected chi connectivity index (χ3v) is 8.01. The van der Waals surface area contributed by atoms with Crippen LogP contribution in [-0.4, -0.2) is 35.5 Å². The minimum atomic E-state index is -0.960. The van der Waals surface area contributed by atoms with Crippen molar-refractivity contribution in [3.8, 4) is 23.0 Å². The number of carbonyl (C=O) groups excluding carboxylic acids is 2. The van der Waals surface area contributed by atoms with E-state index in [0.717, 1.165) is 11.1 Å². The number of amides is 1. The van der Waals surface area contributed by atoms with Crippen LogP contribution in [0.4, 0.5) is 5.13 Å². The number of thiazole rings is 1. The van der Waals surface area contributed by atoms with Crippen molar-refractivity contribution in [3.63, 3.8) is 0 Å². The highest BCUT2D eigenvalue weighted by molar-refractivity contribution is 7.22. The number of nitrogens with zero attached hydrogens (tertiary/aromatic N) is 2. The first kappa shape index (κ1) is 28.0. The van der Waals surface area contributed by atoms with Gasteiger partial charge in [-0.05, 0) is 78.7 Å². The number of hydrogen-bond acceptors (Lipinski definition) is 8. The summed E-state index contributed by atoms with van der Waals surface area (Å²) in [4.78, 5) is 33.4. The Morgan fingerprint density at radius 3 is 2.37 bits per heavy atom. The molecule has 1 aliphatic rings. The Morgan fingerprint density at radius 2 is 1.63 bits per heavy atom. The second kappa shape index (κ2) is 12.0. The number of para-hydroxylation sites is 1. The second-order valence-electron chi connectivity index (χ2n) is 9.86. The van der Waals surface area contributed by atoms with Crippen LogP contribution in [0.3, 0.4) is 0 Å². The minimum Gasteiger partial charge on any atom is -0.507 e. The minimum absolute atomic E-state index is 0.0408. The molecule has 0 saturated carbocycles. The van der Waals surface area contributed by atoms with Crippen molar-refractivity contribution in [2.75, 3.05) is 18.6 Å². The number of aromatic nitrogens is 1. The Morgan fingerprint density at radius 1 is 0.884 bits per heavy atom. The summed E-state index contributed by atoms with van der Waals surface area (Å²) < 4.78 is 17.9. The number of fused-ring (bicyclic) bond motifs is 1. The van der Waals surface area contributed by atoms with Gasteiger partial charge in [0.25, 0.3) is 5.78 Å². The summed E-state index contributed by atoms with van der Waals surface area (Å²) in [5.74, 6) is 0.573. The van der Waals surface area contributed by atoms with Gasteiger partial charge in [-0.3, -0.25) is 14.5 Å². The van der Waals surface area contributed by atoms with Crippen LogP contribution in [0, 0.1) is 0 Å². The third kappa shape index (κ3) is 5.54. The molecule has 5 aromatic rings. The topological polar surface area (TPSA) is 98.2 Å². The largest absolute Gasteiger partial charge is 0.507 e. The van der Waals surface area contributed by atoms with E-state index in [4.69, 9.17) is 19.2 Å². The van der Waals surface area contributed by atoms with Crippen LogP contribution in [0.2, 0.25) is 0 Å². The Kier molecular flexibility index (Phi) is 7.81. The number of hydrogen-bond donors (Lipinski definition) is 1. The van der Waals surface area contributed by atoms with Crippen LogP contribution in [0.15, 0.2) is 103 Å². The molecule has 216 valence electrons. The number of rotatable bonds is 9. The van der Waals surface area contributed by atoms with Crippen molar-refractivity contribution >= 4 is 44.1 Å². The van der Waals surface area contributed by atoms with Gasteiger partial charge in [0.05, 0.1) is 35.5 Å². The summed E-state index contributed by atoms with van der Waals surface area (Å²) in [6, 6.07) is 27.7. The molecule has 0 bridgehead atoms. The molecule has 43 heavy (non-hydrogen) atoms. The zero-order valence-corrected chi connectivity index (χ0v) is 24.3. The van der Waals surface area contributed by atoms with Gasteiger partial charge in [0.2, 0.25) is 0 Å². The molecule has 0 radical (unpaired) electrons. The highest BCUT2D eigenvalue weighted by Gasteiger charge is 2.48. The van der Waals surface area contributed by atoms with Gasteiger partial charge >= 0.3 is 5.91 Å². The smallest absolute Gasteiger partial charge is 0.301 e. The van der Waals surface area contributed by atoms with Crippen molar-refractivity contribution in [2.45, 2.75) is 19.4 Å². The molecule has 1 unspecified atom stereocenters. The van der Waals surface area contributed by atoms with Crippen molar-refractivity contribution in [3.05, 3.63) is 114 Å². The predicted octanol–water partition coefficient (Wildman–Crippen LogP) is 7.51. The van der Waals surface area contributed by atoms with E-state index in [1.807, 2.05) is 43.3 Å². The van der Waals surface area contributed by atoms with Crippen LogP contribution < -0.4 is 19.1 Å². The van der Waals surface area contributed by atoms with Gasteiger partial charge in [0, 0.05) is 5.56 Å². The number of methoxy groups -OCH3 is 1. The first-order valence-corrected chi connectivity index (χ1v) is 14.6. The number of carbonyl (C=O) groups is 2. The molecule has 1 amide bonds. The average molecular weight is 593 g/mol. The maximum absolute atomic E-state index is 13.7. The van der Waals surface area contributed by atoms with Gasteiger partial charge in [-0.2, -0.15) is 0 Å². The first-order valence-electron chi connectivity index (χ1n) is 13.8. The molecule has 9 heteroatoms. The number of ketones is 1. The Balaban J connectivity index is 1.48. The maximum atomic E-state index is 13.7.